The topological polar surface area (TPSA) is 79.3 Å². The Morgan fingerprint density at radius 1 is 1.44 bits per heavy atom. The molecule has 1 rings (SSSR count). The van der Waals surface area contributed by atoms with Gasteiger partial charge in [-0.3, -0.25) is 0 Å². The molecule has 0 saturated carbocycles. The second-order valence-corrected chi connectivity index (χ2v) is 3.24. The van der Waals surface area contributed by atoms with E-state index in [2.05, 4.69) is 4.74 Å². The molecule has 1 aromatic carbocycles. The van der Waals surface area contributed by atoms with Crippen LogP contribution in [-0.4, -0.2) is 11.5 Å². The van der Waals surface area contributed by atoms with Gasteiger partial charge in [0.25, 0.3) is 0 Å². The van der Waals surface area contributed by atoms with Crippen LogP contribution < -0.4 is 10.5 Å². The Morgan fingerprint density at radius 3 is 2.56 bits per heavy atom. The zero-order valence-electron chi connectivity index (χ0n) is 8.94. The number of phenols is 1. The molecular weight excluding hydrogens is 273 g/mol. The van der Waals surface area contributed by atoms with E-state index in [1.807, 2.05) is 0 Å². The minimum atomic E-state index is -4.81. The van der Waals surface area contributed by atoms with Crippen LogP contribution in [0.2, 0.25) is 0 Å². The van der Waals surface area contributed by atoms with Crippen LogP contribution in [0.25, 0.3) is 0 Å². The number of nitriles is 1. The largest absolute Gasteiger partial charge is 0.573 e. The Kier molecular flexibility index (Phi) is 5.75. The van der Waals surface area contributed by atoms with Gasteiger partial charge in [-0.15, -0.1) is 25.6 Å². The number of halogens is 4. The van der Waals surface area contributed by atoms with Gasteiger partial charge in [0.2, 0.25) is 0 Å². The van der Waals surface area contributed by atoms with Crippen LogP contribution >= 0.6 is 12.4 Å². The van der Waals surface area contributed by atoms with Crippen LogP contribution in [0.3, 0.4) is 0 Å². The molecule has 0 aromatic heterocycles. The van der Waals surface area contributed by atoms with Crippen molar-refractivity contribution in [1.82, 2.24) is 0 Å². The summed E-state index contributed by atoms with van der Waals surface area (Å²) in [5, 5.41) is 17.8. The lowest BCUT2D eigenvalue weighted by Gasteiger charge is -2.13. The molecule has 100 valence electrons. The van der Waals surface area contributed by atoms with Crippen molar-refractivity contribution in [2.24, 2.45) is 5.73 Å². The minimum absolute atomic E-state index is 0. The molecule has 0 spiro atoms. The molecule has 1 aromatic rings. The van der Waals surface area contributed by atoms with Gasteiger partial charge >= 0.3 is 6.36 Å². The van der Waals surface area contributed by atoms with Gasteiger partial charge < -0.3 is 15.6 Å². The number of ether oxygens (including phenoxy) is 1. The van der Waals surface area contributed by atoms with E-state index in [1.165, 1.54) is 0 Å². The first-order valence-corrected chi connectivity index (χ1v) is 4.54. The average molecular weight is 283 g/mol. The van der Waals surface area contributed by atoms with Crippen LogP contribution in [-0.2, 0) is 0 Å². The Balaban J connectivity index is 0.00000289. The molecule has 3 N–H and O–H groups in total. The summed E-state index contributed by atoms with van der Waals surface area (Å²) >= 11 is 0. The summed E-state index contributed by atoms with van der Waals surface area (Å²) in [5.74, 6) is -0.763. The van der Waals surface area contributed by atoms with Gasteiger partial charge in [-0.25, -0.2) is 0 Å². The zero-order valence-corrected chi connectivity index (χ0v) is 9.76. The molecule has 18 heavy (non-hydrogen) atoms. The quantitative estimate of drug-likeness (QED) is 0.893. The monoisotopic (exact) mass is 282 g/mol. The Morgan fingerprint density at radius 2 is 2.06 bits per heavy atom. The number of nitrogens with two attached hydrogens (primary N) is 1. The average Bonchev–Trinajstić information content (AvgIpc) is 2.19. The summed E-state index contributed by atoms with van der Waals surface area (Å²) in [7, 11) is 0. The number of aromatic hydroxyl groups is 1. The first-order valence-electron chi connectivity index (χ1n) is 4.54. The van der Waals surface area contributed by atoms with Gasteiger partial charge in [-0.1, -0.05) is 0 Å². The van der Waals surface area contributed by atoms with Crippen molar-refractivity contribution in [2.45, 2.75) is 18.8 Å². The van der Waals surface area contributed by atoms with Gasteiger partial charge in [-0.05, 0) is 18.2 Å². The van der Waals surface area contributed by atoms with Crippen molar-refractivity contribution in [1.29, 1.82) is 5.26 Å². The fourth-order valence-electron chi connectivity index (χ4n) is 1.24. The molecule has 0 radical (unpaired) electrons. The molecule has 4 nitrogen and oxygen atoms in total. The first-order chi connectivity index (χ1) is 7.83. The van der Waals surface area contributed by atoms with Gasteiger partial charge in [0.1, 0.15) is 11.5 Å². The molecule has 8 heteroatoms. The van der Waals surface area contributed by atoms with E-state index in [4.69, 9.17) is 11.0 Å². The smallest absolute Gasteiger partial charge is 0.508 e. The van der Waals surface area contributed by atoms with E-state index < -0.39 is 18.2 Å². The molecular formula is C10H10ClF3N2O2. The maximum absolute atomic E-state index is 12.0. The summed E-state index contributed by atoms with van der Waals surface area (Å²) in [6.45, 7) is 0. The van der Waals surface area contributed by atoms with Gasteiger partial charge in [0.15, 0.2) is 0 Å². The predicted molar refractivity (Wildman–Crippen MR) is 59.2 cm³/mol. The minimum Gasteiger partial charge on any atom is -0.508 e. The third kappa shape index (κ3) is 4.69. The van der Waals surface area contributed by atoms with E-state index in [0.717, 1.165) is 18.2 Å². The Labute approximate surface area is 107 Å². The second kappa shape index (κ2) is 6.33. The summed E-state index contributed by atoms with van der Waals surface area (Å²) < 4.78 is 39.5. The molecule has 0 bridgehead atoms. The molecule has 0 saturated heterocycles. The standard InChI is InChI=1S/C10H9F3N2O2.ClH/c11-10(12,13)17-6-1-2-9(16)7(5-6)8(15)3-4-14;/h1-2,5,8,16H,3,15H2;1H/t8-;/m1./s1. The third-order valence-electron chi connectivity index (χ3n) is 1.94. The van der Waals surface area contributed by atoms with Crippen LogP contribution in [0.4, 0.5) is 13.2 Å². The maximum Gasteiger partial charge on any atom is 0.573 e. The van der Waals surface area contributed by atoms with Crippen LogP contribution in [0, 0.1) is 11.3 Å². The highest BCUT2D eigenvalue weighted by atomic mass is 35.5. The summed E-state index contributed by atoms with van der Waals surface area (Å²) in [6.07, 6.45) is -4.93. The maximum atomic E-state index is 12.0. The van der Waals surface area contributed by atoms with Crippen molar-refractivity contribution in [3.63, 3.8) is 0 Å². The van der Waals surface area contributed by atoms with Crippen LogP contribution in [0.5, 0.6) is 11.5 Å². The molecule has 0 heterocycles. The number of rotatable bonds is 3. The van der Waals surface area contributed by atoms with E-state index in [-0.39, 0.29) is 30.1 Å². The molecule has 0 amide bonds. The number of benzene rings is 1. The van der Waals surface area contributed by atoms with Gasteiger partial charge in [0.05, 0.1) is 12.5 Å². The normalized spacial score (nSPS) is 12.2. The lowest BCUT2D eigenvalue weighted by atomic mass is 10.0. The lowest BCUT2D eigenvalue weighted by Crippen LogP contribution is -2.17. The van der Waals surface area contributed by atoms with Crippen molar-refractivity contribution in [3.05, 3.63) is 23.8 Å². The second-order valence-electron chi connectivity index (χ2n) is 3.24. The van der Waals surface area contributed by atoms with E-state index >= 15 is 0 Å². The highest BCUT2D eigenvalue weighted by Crippen LogP contribution is 2.31. The molecule has 0 aliphatic carbocycles. The fraction of sp³-hybridized carbons (Fsp3) is 0.300. The Bertz CT molecular complexity index is 446. The van der Waals surface area contributed by atoms with Crippen molar-refractivity contribution in [3.8, 4) is 17.6 Å². The number of alkyl halides is 3. The number of nitrogens with zero attached hydrogens (tertiary/aromatic N) is 1. The molecule has 0 aliphatic heterocycles. The molecule has 0 unspecified atom stereocenters. The van der Waals surface area contributed by atoms with Crippen LogP contribution in [0.15, 0.2) is 18.2 Å². The third-order valence-corrected chi connectivity index (χ3v) is 1.94. The van der Waals surface area contributed by atoms with Crippen molar-refractivity contribution >= 4 is 12.4 Å². The number of hydrogen-bond acceptors (Lipinski definition) is 4. The molecule has 0 aliphatic rings. The van der Waals surface area contributed by atoms with E-state index in [9.17, 15) is 18.3 Å². The first kappa shape index (κ1) is 16.4. The summed E-state index contributed by atoms with van der Waals surface area (Å²) in [5.41, 5.74) is 5.56. The predicted octanol–water partition coefficient (Wildman–Crippen LogP) is 2.63. The van der Waals surface area contributed by atoms with Gasteiger partial charge in [-0.2, -0.15) is 5.26 Å². The SMILES string of the molecule is Cl.N#CC[C@@H](N)c1cc(OC(F)(F)F)ccc1O. The highest BCUT2D eigenvalue weighted by Gasteiger charge is 2.31. The van der Waals surface area contributed by atoms with Gasteiger partial charge in [0, 0.05) is 11.6 Å². The van der Waals surface area contributed by atoms with Crippen molar-refractivity contribution in [2.75, 3.05) is 0 Å². The fourth-order valence-corrected chi connectivity index (χ4v) is 1.24. The summed E-state index contributed by atoms with van der Waals surface area (Å²) in [6, 6.07) is 3.86. The molecule has 1 atom stereocenters. The zero-order chi connectivity index (χ0) is 13.1. The van der Waals surface area contributed by atoms with Crippen molar-refractivity contribution < 1.29 is 23.0 Å². The Hall–Kier alpha value is -1.65. The lowest BCUT2D eigenvalue weighted by molar-refractivity contribution is -0.274. The van der Waals surface area contributed by atoms with E-state index in [1.54, 1.807) is 6.07 Å². The molecule has 0 fully saturated rings. The summed E-state index contributed by atoms with van der Waals surface area (Å²) in [4.78, 5) is 0. The number of hydrogen-bond donors (Lipinski definition) is 2. The van der Waals surface area contributed by atoms with Crippen LogP contribution in [0.1, 0.15) is 18.0 Å². The highest BCUT2D eigenvalue weighted by molar-refractivity contribution is 5.85. The van der Waals surface area contributed by atoms with E-state index in [0.29, 0.717) is 0 Å². The number of phenolic OH excluding ortho intramolecular Hbond substituents is 1.